The van der Waals surface area contributed by atoms with Gasteiger partial charge in [0.15, 0.2) is 11.0 Å². The molecule has 4 aromatic rings. The lowest BCUT2D eigenvalue weighted by atomic mass is 10.1. The maximum Gasteiger partial charge on any atom is 0.341 e. The number of thioether (sulfide) groups is 1. The Morgan fingerprint density at radius 2 is 1.88 bits per heavy atom. The van der Waals surface area contributed by atoms with Crippen molar-refractivity contribution in [2.45, 2.75) is 75.9 Å². The van der Waals surface area contributed by atoms with Gasteiger partial charge in [0.05, 0.1) is 28.8 Å². The van der Waals surface area contributed by atoms with Crippen LogP contribution in [-0.2, 0) is 41.9 Å². The van der Waals surface area contributed by atoms with Crippen molar-refractivity contribution in [3.8, 4) is 0 Å². The number of amides is 2. The second-order valence-electron chi connectivity index (χ2n) is 10.2. The molecule has 1 aliphatic rings. The minimum atomic E-state index is -0.523. The third kappa shape index (κ3) is 7.73. The maximum absolute atomic E-state index is 13.5. The molecule has 0 saturated heterocycles. The number of carbonyl (C=O) groups excluding carboxylic acids is 3. The number of thiophene rings is 2. The van der Waals surface area contributed by atoms with Crippen molar-refractivity contribution >= 4 is 57.2 Å². The molecule has 226 valence electrons. The fraction of sp³-hybridized carbons (Fsp3) is 0.387. The molecule has 0 bridgehead atoms. The number of aryl methyl sites for hydroxylation is 2. The van der Waals surface area contributed by atoms with Crippen LogP contribution in [0.4, 0.5) is 5.00 Å². The Morgan fingerprint density at radius 1 is 1.07 bits per heavy atom. The molecule has 5 rings (SSSR count). The summed E-state index contributed by atoms with van der Waals surface area (Å²) >= 11 is 4.17. The van der Waals surface area contributed by atoms with E-state index < -0.39 is 5.25 Å². The Morgan fingerprint density at radius 3 is 2.65 bits per heavy atom. The molecule has 2 N–H and O–H groups in total. The number of rotatable bonds is 12. The van der Waals surface area contributed by atoms with Gasteiger partial charge in [-0.1, -0.05) is 54.6 Å². The van der Waals surface area contributed by atoms with Crippen LogP contribution >= 0.6 is 34.4 Å². The van der Waals surface area contributed by atoms with Gasteiger partial charge in [0.25, 0.3) is 5.91 Å². The average molecular weight is 638 g/mol. The summed E-state index contributed by atoms with van der Waals surface area (Å²) in [6.07, 6.45) is 5.68. The smallest absolute Gasteiger partial charge is 0.341 e. The van der Waals surface area contributed by atoms with Gasteiger partial charge < -0.3 is 19.9 Å². The van der Waals surface area contributed by atoms with Crippen LogP contribution in [0.25, 0.3) is 0 Å². The number of anilines is 1. The number of hydrogen-bond acceptors (Lipinski definition) is 9. The molecule has 2 amide bonds. The van der Waals surface area contributed by atoms with Gasteiger partial charge >= 0.3 is 5.97 Å². The number of nitrogens with one attached hydrogen (secondary N) is 2. The van der Waals surface area contributed by atoms with Gasteiger partial charge in [0.1, 0.15) is 5.00 Å². The molecule has 9 nitrogen and oxygen atoms in total. The SMILES string of the molecule is CCOC(=O)c1c(NC(=O)C(C)Sc2nnc(CNC(=O)c3cccs3)n2CCc2ccccc2)sc2c1CCCCC2. The van der Waals surface area contributed by atoms with Crippen LogP contribution in [0.15, 0.2) is 53.0 Å². The molecule has 0 radical (unpaired) electrons. The molecule has 0 fully saturated rings. The Hall–Kier alpha value is -3.48. The normalized spacial score (nSPS) is 13.5. The molecule has 1 atom stereocenters. The van der Waals surface area contributed by atoms with Crippen LogP contribution < -0.4 is 10.6 Å². The van der Waals surface area contributed by atoms with E-state index in [0.29, 0.717) is 33.0 Å². The minimum absolute atomic E-state index is 0.165. The highest BCUT2D eigenvalue weighted by Crippen LogP contribution is 2.38. The second kappa shape index (κ2) is 14.8. The molecule has 0 saturated carbocycles. The second-order valence-corrected chi connectivity index (χ2v) is 13.5. The Bertz CT molecular complexity index is 1550. The van der Waals surface area contributed by atoms with Crippen molar-refractivity contribution in [2.24, 2.45) is 0 Å². The molecule has 1 aliphatic carbocycles. The van der Waals surface area contributed by atoms with E-state index in [0.717, 1.165) is 54.5 Å². The number of aromatic nitrogens is 3. The number of fused-ring (bicyclic) bond motifs is 1. The first kappa shape index (κ1) is 31.0. The topological polar surface area (TPSA) is 115 Å². The molecule has 3 aromatic heterocycles. The zero-order valence-corrected chi connectivity index (χ0v) is 26.7. The van der Waals surface area contributed by atoms with Crippen LogP contribution in [-0.4, -0.2) is 44.4 Å². The summed E-state index contributed by atoms with van der Waals surface area (Å²) in [5.74, 6) is -0.159. The van der Waals surface area contributed by atoms with Crippen molar-refractivity contribution < 1.29 is 19.1 Å². The summed E-state index contributed by atoms with van der Waals surface area (Å²) in [6.45, 7) is 4.68. The van der Waals surface area contributed by atoms with E-state index in [2.05, 4.69) is 33.0 Å². The van der Waals surface area contributed by atoms with Crippen molar-refractivity contribution in [3.63, 3.8) is 0 Å². The first-order valence-corrected chi connectivity index (χ1v) is 17.1. The van der Waals surface area contributed by atoms with Crippen LogP contribution in [0.2, 0.25) is 0 Å². The van der Waals surface area contributed by atoms with Crippen LogP contribution in [0.1, 0.15) is 75.0 Å². The summed E-state index contributed by atoms with van der Waals surface area (Å²) in [5.41, 5.74) is 2.69. The summed E-state index contributed by atoms with van der Waals surface area (Å²) in [4.78, 5) is 40.8. The third-order valence-electron chi connectivity index (χ3n) is 7.20. The third-order valence-corrected chi connectivity index (χ3v) is 10.4. The number of hydrogen-bond donors (Lipinski definition) is 2. The summed E-state index contributed by atoms with van der Waals surface area (Å²) in [7, 11) is 0. The summed E-state index contributed by atoms with van der Waals surface area (Å²) in [6, 6.07) is 13.7. The predicted molar refractivity (Wildman–Crippen MR) is 171 cm³/mol. The highest BCUT2D eigenvalue weighted by atomic mass is 32.2. The number of ether oxygens (including phenoxy) is 1. The molecule has 43 heavy (non-hydrogen) atoms. The first-order valence-electron chi connectivity index (χ1n) is 14.5. The number of nitrogens with zero attached hydrogens (tertiary/aromatic N) is 3. The zero-order valence-electron chi connectivity index (χ0n) is 24.3. The lowest BCUT2D eigenvalue weighted by Crippen LogP contribution is -2.25. The molecule has 3 heterocycles. The predicted octanol–water partition coefficient (Wildman–Crippen LogP) is 6.14. The Labute approximate surface area is 263 Å². The minimum Gasteiger partial charge on any atom is -0.462 e. The van der Waals surface area contributed by atoms with Gasteiger partial charge in [-0.25, -0.2) is 4.79 Å². The average Bonchev–Trinajstić information content (AvgIpc) is 3.72. The monoisotopic (exact) mass is 637 g/mol. The lowest BCUT2D eigenvalue weighted by Gasteiger charge is -2.14. The summed E-state index contributed by atoms with van der Waals surface area (Å²) < 4.78 is 7.34. The van der Waals surface area contributed by atoms with Crippen molar-refractivity contribution in [1.29, 1.82) is 0 Å². The van der Waals surface area contributed by atoms with Crippen molar-refractivity contribution in [2.75, 3.05) is 11.9 Å². The van der Waals surface area contributed by atoms with Gasteiger partial charge in [0, 0.05) is 11.4 Å². The van der Waals surface area contributed by atoms with Crippen LogP contribution in [0, 0.1) is 0 Å². The molecular weight excluding hydrogens is 603 g/mol. The van der Waals surface area contributed by atoms with E-state index in [4.69, 9.17) is 4.74 Å². The van der Waals surface area contributed by atoms with E-state index in [-0.39, 0.29) is 30.9 Å². The van der Waals surface area contributed by atoms with E-state index in [1.165, 1.54) is 34.4 Å². The first-order chi connectivity index (χ1) is 20.9. The van der Waals surface area contributed by atoms with E-state index in [1.807, 2.05) is 41.1 Å². The maximum atomic E-state index is 13.5. The van der Waals surface area contributed by atoms with Gasteiger partial charge in [-0.3, -0.25) is 9.59 Å². The van der Waals surface area contributed by atoms with E-state index in [9.17, 15) is 14.4 Å². The van der Waals surface area contributed by atoms with Gasteiger partial charge in [0.2, 0.25) is 5.91 Å². The molecule has 0 spiro atoms. The highest BCUT2D eigenvalue weighted by molar-refractivity contribution is 8.00. The molecule has 1 aromatic carbocycles. The van der Waals surface area contributed by atoms with Crippen molar-refractivity contribution in [1.82, 2.24) is 20.1 Å². The largest absolute Gasteiger partial charge is 0.462 e. The van der Waals surface area contributed by atoms with Gasteiger partial charge in [-0.2, -0.15) is 0 Å². The molecule has 0 aliphatic heterocycles. The molecule has 1 unspecified atom stereocenters. The number of benzene rings is 1. The fourth-order valence-corrected chi connectivity index (χ4v) is 7.79. The molecular formula is C31H35N5O4S3. The zero-order chi connectivity index (χ0) is 30.2. The number of esters is 1. The van der Waals surface area contributed by atoms with E-state index >= 15 is 0 Å². The van der Waals surface area contributed by atoms with Crippen LogP contribution in [0.3, 0.4) is 0 Å². The Balaban J connectivity index is 1.32. The molecule has 12 heteroatoms. The summed E-state index contributed by atoms with van der Waals surface area (Å²) in [5, 5.41) is 17.2. The van der Waals surface area contributed by atoms with Crippen molar-refractivity contribution in [3.05, 3.63) is 80.1 Å². The highest BCUT2D eigenvalue weighted by Gasteiger charge is 2.28. The lowest BCUT2D eigenvalue weighted by molar-refractivity contribution is -0.115. The fourth-order valence-electron chi connectivity index (χ4n) is 4.98. The quantitative estimate of drug-likeness (QED) is 0.109. The van der Waals surface area contributed by atoms with Crippen LogP contribution in [0.5, 0.6) is 0 Å². The van der Waals surface area contributed by atoms with Gasteiger partial charge in [-0.15, -0.1) is 32.9 Å². The Kier molecular flexibility index (Phi) is 10.7. The number of carbonyl (C=O) groups is 3. The van der Waals surface area contributed by atoms with Gasteiger partial charge in [-0.05, 0) is 68.5 Å². The standard InChI is InChI=1S/C31H35N5O4S3/c1-3-40-30(39)26-22-13-8-5-9-14-23(22)43-29(26)33-27(37)20(2)42-31-35-34-25(19-32-28(38)24-15-10-18-41-24)36(31)17-16-21-11-6-4-7-12-21/h4,6-7,10-12,15,18,20H,3,5,8-9,13-14,16-17,19H2,1-2H3,(H,32,38)(H,33,37). The van der Waals surface area contributed by atoms with E-state index in [1.54, 1.807) is 13.0 Å².